The molecule has 6 nitrogen and oxygen atoms in total. The van der Waals surface area contributed by atoms with Crippen LogP contribution >= 0.6 is 0 Å². The maximum atomic E-state index is 12.1. The van der Waals surface area contributed by atoms with Crippen LogP contribution in [0.2, 0.25) is 0 Å². The highest BCUT2D eigenvalue weighted by atomic mass is 16.6. The summed E-state index contributed by atoms with van der Waals surface area (Å²) < 4.78 is 9.76. The van der Waals surface area contributed by atoms with Crippen molar-refractivity contribution in [3.63, 3.8) is 0 Å². The van der Waals surface area contributed by atoms with E-state index in [2.05, 4.69) is 4.74 Å². The second-order valence-corrected chi connectivity index (χ2v) is 6.14. The summed E-state index contributed by atoms with van der Waals surface area (Å²) in [7, 11) is 1.16. The van der Waals surface area contributed by atoms with E-state index in [4.69, 9.17) is 4.74 Å². The van der Waals surface area contributed by atoms with E-state index >= 15 is 0 Å². The lowest BCUT2D eigenvalue weighted by atomic mass is 10.0. The fraction of sp³-hybridized carbons (Fsp3) is 0.438. The Labute approximate surface area is 129 Å². The van der Waals surface area contributed by atoms with Crippen LogP contribution < -0.4 is 0 Å². The largest absolute Gasteiger partial charge is 0.463 e. The van der Waals surface area contributed by atoms with Crippen molar-refractivity contribution >= 4 is 17.8 Å². The van der Waals surface area contributed by atoms with Crippen molar-refractivity contribution in [2.24, 2.45) is 0 Å². The number of hydrogen-bond donors (Lipinski definition) is 0. The zero-order chi connectivity index (χ0) is 16.5. The molecule has 0 spiro atoms. The Bertz CT molecular complexity index is 630. The number of nitrogens with zero attached hydrogens (tertiary/aromatic N) is 1. The smallest absolute Gasteiger partial charge is 0.410 e. The summed E-state index contributed by atoms with van der Waals surface area (Å²) in [6.45, 7) is 6.20. The number of ketones is 1. The number of Topliss-reactive ketones (excluding diaryl/α,β-unsaturated/α-hetero) is 1. The van der Waals surface area contributed by atoms with E-state index in [0.29, 0.717) is 13.1 Å². The summed E-state index contributed by atoms with van der Waals surface area (Å²) in [4.78, 5) is 36.7. The highest BCUT2D eigenvalue weighted by Gasteiger charge is 2.28. The summed E-state index contributed by atoms with van der Waals surface area (Å²) in [6, 6.07) is 4.94. The minimum atomic E-state index is -0.901. The molecule has 1 aromatic carbocycles. The van der Waals surface area contributed by atoms with E-state index in [1.165, 1.54) is 0 Å². The Morgan fingerprint density at radius 2 is 1.73 bits per heavy atom. The minimum absolute atomic E-state index is 0.261. The number of esters is 1. The number of ether oxygens (including phenoxy) is 2. The third-order valence-electron chi connectivity index (χ3n) is 3.21. The number of carbonyl (C=O) groups is 3. The van der Waals surface area contributed by atoms with Crippen LogP contribution in [0.25, 0.3) is 0 Å². The molecule has 0 unspecified atom stereocenters. The molecule has 0 aliphatic carbocycles. The molecule has 0 fully saturated rings. The molecule has 0 saturated carbocycles. The number of hydrogen-bond acceptors (Lipinski definition) is 5. The molecule has 2 rings (SSSR count). The third-order valence-corrected chi connectivity index (χ3v) is 3.21. The van der Waals surface area contributed by atoms with Gasteiger partial charge in [0.05, 0.1) is 7.11 Å². The predicted octanol–water partition coefficient (Wildman–Crippen LogP) is 2.29. The predicted molar refractivity (Wildman–Crippen MR) is 78.3 cm³/mol. The summed E-state index contributed by atoms with van der Waals surface area (Å²) >= 11 is 0. The molecule has 0 saturated heterocycles. The van der Waals surface area contributed by atoms with Gasteiger partial charge in [-0.15, -0.1) is 0 Å². The van der Waals surface area contributed by atoms with Gasteiger partial charge in [0.1, 0.15) is 5.60 Å². The molecule has 0 N–H and O–H groups in total. The molecule has 22 heavy (non-hydrogen) atoms. The Hall–Kier alpha value is -2.37. The lowest BCUT2D eigenvalue weighted by Crippen LogP contribution is -2.33. The van der Waals surface area contributed by atoms with Gasteiger partial charge in [-0.2, -0.15) is 0 Å². The first-order valence-electron chi connectivity index (χ1n) is 6.93. The normalized spacial score (nSPS) is 13.5. The lowest BCUT2D eigenvalue weighted by Gasteiger charge is -2.24. The molecule has 1 amide bonds. The van der Waals surface area contributed by atoms with Gasteiger partial charge in [-0.05, 0) is 38.0 Å². The molecule has 0 radical (unpaired) electrons. The monoisotopic (exact) mass is 305 g/mol. The van der Waals surface area contributed by atoms with E-state index in [0.717, 1.165) is 18.2 Å². The molecular weight excluding hydrogens is 286 g/mol. The van der Waals surface area contributed by atoms with Crippen molar-refractivity contribution < 1.29 is 23.9 Å². The second-order valence-electron chi connectivity index (χ2n) is 6.14. The molecule has 1 heterocycles. The summed E-state index contributed by atoms with van der Waals surface area (Å²) in [5.41, 5.74) is 1.47. The standard InChI is InChI=1S/C16H19NO5/c1-16(2,3)22-15(20)17-8-11-6-5-10(7-12(11)9-17)13(18)14(19)21-4/h5-7H,8-9H2,1-4H3. The quantitative estimate of drug-likeness (QED) is 0.476. The van der Waals surface area contributed by atoms with Gasteiger partial charge in [0, 0.05) is 18.7 Å². The molecular formula is C16H19NO5. The molecule has 0 aromatic heterocycles. The molecule has 6 heteroatoms. The first-order chi connectivity index (χ1) is 10.2. The van der Waals surface area contributed by atoms with Gasteiger partial charge in [0.2, 0.25) is 0 Å². The fourth-order valence-electron chi connectivity index (χ4n) is 2.20. The van der Waals surface area contributed by atoms with Crippen LogP contribution in [-0.4, -0.2) is 35.5 Å². The number of amides is 1. The van der Waals surface area contributed by atoms with Crippen molar-refractivity contribution in [2.45, 2.75) is 39.5 Å². The van der Waals surface area contributed by atoms with Gasteiger partial charge in [-0.25, -0.2) is 9.59 Å². The van der Waals surface area contributed by atoms with Crippen LogP contribution in [0.1, 0.15) is 42.3 Å². The number of carbonyl (C=O) groups excluding carboxylic acids is 3. The minimum Gasteiger partial charge on any atom is -0.463 e. The fourth-order valence-corrected chi connectivity index (χ4v) is 2.20. The number of benzene rings is 1. The average molecular weight is 305 g/mol. The highest BCUT2D eigenvalue weighted by molar-refractivity contribution is 6.40. The van der Waals surface area contributed by atoms with Crippen LogP contribution in [0.4, 0.5) is 4.79 Å². The van der Waals surface area contributed by atoms with Gasteiger partial charge >= 0.3 is 12.1 Å². The van der Waals surface area contributed by atoms with Crippen LogP contribution in [0.3, 0.4) is 0 Å². The van der Waals surface area contributed by atoms with Gasteiger partial charge in [0.25, 0.3) is 5.78 Å². The summed E-state index contributed by atoms with van der Waals surface area (Å²) in [5.74, 6) is -1.59. The van der Waals surface area contributed by atoms with Crippen molar-refractivity contribution in [1.82, 2.24) is 4.90 Å². The Kier molecular flexibility index (Phi) is 4.21. The molecule has 0 atom stereocenters. The van der Waals surface area contributed by atoms with Crippen LogP contribution in [0.5, 0.6) is 0 Å². The lowest BCUT2D eigenvalue weighted by molar-refractivity contribution is -0.135. The molecule has 1 aromatic rings. The molecule has 118 valence electrons. The molecule has 1 aliphatic rings. The van der Waals surface area contributed by atoms with Gasteiger partial charge < -0.3 is 9.47 Å². The number of fused-ring (bicyclic) bond motifs is 1. The van der Waals surface area contributed by atoms with Crippen LogP contribution in [0, 0.1) is 0 Å². The first-order valence-corrected chi connectivity index (χ1v) is 6.93. The third kappa shape index (κ3) is 3.44. The zero-order valence-corrected chi connectivity index (χ0v) is 13.1. The molecule has 1 aliphatic heterocycles. The zero-order valence-electron chi connectivity index (χ0n) is 13.1. The van der Waals surface area contributed by atoms with Crippen molar-refractivity contribution in [1.29, 1.82) is 0 Å². The Balaban J connectivity index is 2.13. The first kappa shape index (κ1) is 16.0. The average Bonchev–Trinajstić information content (AvgIpc) is 2.86. The van der Waals surface area contributed by atoms with Crippen LogP contribution in [0.15, 0.2) is 18.2 Å². The van der Waals surface area contributed by atoms with Crippen molar-refractivity contribution in [3.05, 3.63) is 34.9 Å². The highest BCUT2D eigenvalue weighted by Crippen LogP contribution is 2.25. The number of methoxy groups -OCH3 is 1. The van der Waals surface area contributed by atoms with Gasteiger partial charge in [-0.1, -0.05) is 12.1 Å². The van der Waals surface area contributed by atoms with E-state index in [-0.39, 0.29) is 5.56 Å². The van der Waals surface area contributed by atoms with Gasteiger partial charge in [0.15, 0.2) is 0 Å². The Morgan fingerprint density at radius 3 is 2.32 bits per heavy atom. The van der Waals surface area contributed by atoms with Crippen molar-refractivity contribution in [2.75, 3.05) is 7.11 Å². The maximum Gasteiger partial charge on any atom is 0.410 e. The molecule has 0 bridgehead atoms. The van der Waals surface area contributed by atoms with Gasteiger partial charge in [-0.3, -0.25) is 9.69 Å². The van der Waals surface area contributed by atoms with E-state index in [9.17, 15) is 14.4 Å². The second kappa shape index (κ2) is 5.79. The SMILES string of the molecule is COC(=O)C(=O)c1ccc2c(c1)CN(C(=O)OC(C)(C)C)C2. The Morgan fingerprint density at radius 1 is 1.09 bits per heavy atom. The summed E-state index contributed by atoms with van der Waals surface area (Å²) in [5, 5.41) is 0. The van der Waals surface area contributed by atoms with E-state index < -0.39 is 23.4 Å². The number of rotatable bonds is 2. The summed E-state index contributed by atoms with van der Waals surface area (Å²) in [6.07, 6.45) is -0.399. The van der Waals surface area contributed by atoms with Crippen LogP contribution in [-0.2, 0) is 27.4 Å². The van der Waals surface area contributed by atoms with E-state index in [1.807, 2.05) is 0 Å². The van der Waals surface area contributed by atoms with E-state index in [1.54, 1.807) is 43.9 Å². The van der Waals surface area contributed by atoms with Crippen molar-refractivity contribution in [3.8, 4) is 0 Å². The maximum absolute atomic E-state index is 12.1. The topological polar surface area (TPSA) is 72.9 Å².